The quantitative estimate of drug-likeness (QED) is 0.777. The average Bonchev–Trinajstić information content (AvgIpc) is 2.30. The van der Waals surface area contributed by atoms with Crippen LogP contribution in [0.5, 0.6) is 0 Å². The summed E-state index contributed by atoms with van der Waals surface area (Å²) in [6.45, 7) is 5.11. The lowest BCUT2D eigenvalue weighted by atomic mass is 9.90. The molecule has 16 heavy (non-hydrogen) atoms. The predicted octanol–water partition coefficient (Wildman–Crippen LogP) is 1.37. The van der Waals surface area contributed by atoms with Crippen molar-refractivity contribution in [3.05, 3.63) is 0 Å². The minimum atomic E-state index is 0. The first kappa shape index (κ1) is 14.1. The summed E-state index contributed by atoms with van der Waals surface area (Å²) in [5, 5.41) is 3.40. The zero-order chi connectivity index (χ0) is 10.7. The Hall–Kier alpha value is 0.0700. The Labute approximate surface area is 108 Å². The van der Waals surface area contributed by atoms with Gasteiger partial charge in [-0.15, -0.1) is 12.4 Å². The molecule has 2 rings (SSSR count). The summed E-state index contributed by atoms with van der Waals surface area (Å²) < 4.78 is 0. The fraction of sp³-hybridized carbons (Fsp3) is 0.909. The first-order valence-electron chi connectivity index (χ1n) is 5.89. The third-order valence-electron chi connectivity index (χ3n) is 3.40. The minimum absolute atomic E-state index is 0. The van der Waals surface area contributed by atoms with Crippen molar-refractivity contribution in [1.29, 1.82) is 0 Å². The maximum absolute atomic E-state index is 12.2. The number of carbonyl (C=O) groups excluding carboxylic acids is 1. The van der Waals surface area contributed by atoms with Gasteiger partial charge in [0.2, 0.25) is 5.91 Å². The van der Waals surface area contributed by atoms with Gasteiger partial charge in [0.05, 0.1) is 5.92 Å². The van der Waals surface area contributed by atoms with E-state index in [0.717, 1.165) is 44.0 Å². The SMILES string of the molecule is C[C@H]1NCCC[C@H]1C(=O)N1CCSCC1.Cl. The van der Waals surface area contributed by atoms with Crippen molar-refractivity contribution < 1.29 is 4.79 Å². The molecule has 5 heteroatoms. The van der Waals surface area contributed by atoms with E-state index in [2.05, 4.69) is 17.1 Å². The molecule has 0 aliphatic carbocycles. The van der Waals surface area contributed by atoms with Crippen molar-refractivity contribution in [1.82, 2.24) is 10.2 Å². The molecular weight excluding hydrogens is 244 g/mol. The van der Waals surface area contributed by atoms with E-state index in [9.17, 15) is 4.79 Å². The maximum Gasteiger partial charge on any atom is 0.227 e. The number of amides is 1. The number of thioether (sulfide) groups is 1. The Morgan fingerprint density at radius 2 is 2.06 bits per heavy atom. The van der Waals surface area contributed by atoms with Crippen LogP contribution in [-0.4, -0.2) is 48.0 Å². The number of rotatable bonds is 1. The number of hydrogen-bond donors (Lipinski definition) is 1. The molecule has 0 saturated carbocycles. The topological polar surface area (TPSA) is 32.3 Å². The summed E-state index contributed by atoms with van der Waals surface area (Å²) in [4.78, 5) is 14.3. The van der Waals surface area contributed by atoms with Gasteiger partial charge in [-0.05, 0) is 26.3 Å². The van der Waals surface area contributed by atoms with Crippen LogP contribution in [0.25, 0.3) is 0 Å². The number of hydrogen-bond acceptors (Lipinski definition) is 3. The second-order valence-electron chi connectivity index (χ2n) is 4.43. The molecule has 2 atom stereocenters. The molecule has 2 saturated heterocycles. The molecular formula is C11H21ClN2OS. The van der Waals surface area contributed by atoms with E-state index in [1.54, 1.807) is 0 Å². The summed E-state index contributed by atoms with van der Waals surface area (Å²) in [6.07, 6.45) is 2.21. The van der Waals surface area contributed by atoms with Crippen molar-refractivity contribution in [3.8, 4) is 0 Å². The number of nitrogens with one attached hydrogen (secondary N) is 1. The van der Waals surface area contributed by atoms with Gasteiger partial charge in [0.15, 0.2) is 0 Å². The number of halogens is 1. The monoisotopic (exact) mass is 264 g/mol. The largest absolute Gasteiger partial charge is 0.341 e. The number of nitrogens with zero attached hydrogens (tertiary/aromatic N) is 1. The van der Waals surface area contributed by atoms with Crippen molar-refractivity contribution in [2.75, 3.05) is 31.1 Å². The van der Waals surface area contributed by atoms with E-state index >= 15 is 0 Å². The lowest BCUT2D eigenvalue weighted by Crippen LogP contribution is -2.50. The highest BCUT2D eigenvalue weighted by atomic mass is 35.5. The molecule has 1 amide bonds. The molecule has 94 valence electrons. The fourth-order valence-corrected chi connectivity index (χ4v) is 3.30. The summed E-state index contributed by atoms with van der Waals surface area (Å²) >= 11 is 1.95. The van der Waals surface area contributed by atoms with E-state index in [0.29, 0.717) is 11.9 Å². The first-order valence-corrected chi connectivity index (χ1v) is 7.04. The van der Waals surface area contributed by atoms with Gasteiger partial charge in [-0.1, -0.05) is 0 Å². The molecule has 0 aromatic heterocycles. The number of carbonyl (C=O) groups is 1. The smallest absolute Gasteiger partial charge is 0.227 e. The van der Waals surface area contributed by atoms with Crippen LogP contribution in [0.4, 0.5) is 0 Å². The second-order valence-corrected chi connectivity index (χ2v) is 5.65. The lowest BCUT2D eigenvalue weighted by Gasteiger charge is -2.35. The van der Waals surface area contributed by atoms with Crippen molar-refractivity contribution in [2.24, 2.45) is 5.92 Å². The zero-order valence-corrected chi connectivity index (χ0v) is 11.4. The zero-order valence-electron chi connectivity index (χ0n) is 9.78. The van der Waals surface area contributed by atoms with E-state index in [1.165, 1.54) is 0 Å². The van der Waals surface area contributed by atoms with Crippen LogP contribution in [0.15, 0.2) is 0 Å². The predicted molar refractivity (Wildman–Crippen MR) is 71.3 cm³/mol. The van der Waals surface area contributed by atoms with Crippen LogP contribution >= 0.6 is 24.2 Å². The fourth-order valence-electron chi connectivity index (χ4n) is 2.40. The Morgan fingerprint density at radius 1 is 1.38 bits per heavy atom. The molecule has 3 nitrogen and oxygen atoms in total. The first-order chi connectivity index (χ1) is 7.29. The molecule has 2 fully saturated rings. The second kappa shape index (κ2) is 6.72. The molecule has 0 aromatic carbocycles. The number of piperidine rings is 1. The molecule has 0 unspecified atom stereocenters. The minimum Gasteiger partial charge on any atom is -0.341 e. The van der Waals surface area contributed by atoms with Crippen LogP contribution in [0.3, 0.4) is 0 Å². The third kappa shape index (κ3) is 3.28. The van der Waals surface area contributed by atoms with Gasteiger partial charge in [-0.3, -0.25) is 4.79 Å². The van der Waals surface area contributed by atoms with Crippen LogP contribution in [0.1, 0.15) is 19.8 Å². The van der Waals surface area contributed by atoms with E-state index in [4.69, 9.17) is 0 Å². The van der Waals surface area contributed by atoms with Crippen molar-refractivity contribution in [3.63, 3.8) is 0 Å². The molecule has 1 N–H and O–H groups in total. The molecule has 2 aliphatic rings. The van der Waals surface area contributed by atoms with E-state index < -0.39 is 0 Å². The molecule has 2 aliphatic heterocycles. The Balaban J connectivity index is 0.00000128. The normalized spacial score (nSPS) is 30.7. The Kier molecular flexibility index (Phi) is 5.94. The summed E-state index contributed by atoms with van der Waals surface area (Å²) in [5.74, 6) is 2.83. The van der Waals surface area contributed by atoms with Gasteiger partial charge in [0, 0.05) is 30.6 Å². The highest BCUT2D eigenvalue weighted by Crippen LogP contribution is 2.21. The van der Waals surface area contributed by atoms with Gasteiger partial charge in [-0.25, -0.2) is 0 Å². The lowest BCUT2D eigenvalue weighted by molar-refractivity contribution is -0.136. The summed E-state index contributed by atoms with van der Waals surface area (Å²) in [6, 6.07) is 0.362. The third-order valence-corrected chi connectivity index (χ3v) is 4.34. The van der Waals surface area contributed by atoms with Gasteiger partial charge >= 0.3 is 0 Å². The average molecular weight is 265 g/mol. The van der Waals surface area contributed by atoms with Gasteiger partial charge in [0.25, 0.3) is 0 Å². The van der Waals surface area contributed by atoms with Gasteiger partial charge < -0.3 is 10.2 Å². The Bertz CT molecular complexity index is 234. The van der Waals surface area contributed by atoms with Crippen molar-refractivity contribution in [2.45, 2.75) is 25.8 Å². The highest BCUT2D eigenvalue weighted by molar-refractivity contribution is 7.99. The van der Waals surface area contributed by atoms with Gasteiger partial charge in [0.1, 0.15) is 0 Å². The standard InChI is InChI=1S/C11H20N2OS.ClH/c1-9-10(3-2-4-12-9)11(14)13-5-7-15-8-6-13;/h9-10,12H,2-8H2,1H3;1H/t9-,10-;/m1./s1. The van der Waals surface area contributed by atoms with Crippen LogP contribution < -0.4 is 5.32 Å². The molecule has 0 bridgehead atoms. The van der Waals surface area contributed by atoms with E-state index in [1.807, 2.05) is 11.8 Å². The maximum atomic E-state index is 12.2. The van der Waals surface area contributed by atoms with E-state index in [-0.39, 0.29) is 18.3 Å². The highest BCUT2D eigenvalue weighted by Gasteiger charge is 2.31. The summed E-state index contributed by atoms with van der Waals surface area (Å²) in [7, 11) is 0. The Morgan fingerprint density at radius 3 is 2.69 bits per heavy atom. The van der Waals surface area contributed by atoms with Gasteiger partial charge in [-0.2, -0.15) is 11.8 Å². The van der Waals surface area contributed by atoms with Crippen LogP contribution in [0, 0.1) is 5.92 Å². The molecule has 0 aromatic rings. The molecule has 0 radical (unpaired) electrons. The molecule has 0 spiro atoms. The van der Waals surface area contributed by atoms with Crippen LogP contribution in [-0.2, 0) is 4.79 Å². The molecule has 2 heterocycles. The summed E-state index contributed by atoms with van der Waals surface area (Å²) in [5.41, 5.74) is 0. The van der Waals surface area contributed by atoms with Crippen molar-refractivity contribution >= 4 is 30.1 Å². The van der Waals surface area contributed by atoms with Crippen LogP contribution in [0.2, 0.25) is 0 Å².